The van der Waals surface area contributed by atoms with Gasteiger partial charge in [-0.3, -0.25) is 4.79 Å². The second-order valence-electron chi connectivity index (χ2n) is 7.29. The summed E-state index contributed by atoms with van der Waals surface area (Å²) in [5.41, 5.74) is 2.34. The number of pyridine rings is 1. The number of hydrogen-bond acceptors (Lipinski definition) is 4. The second-order valence-corrected chi connectivity index (χ2v) is 7.70. The van der Waals surface area contributed by atoms with Crippen LogP contribution in [-0.2, 0) is 6.42 Å². The Bertz CT molecular complexity index is 783. The molecule has 0 aliphatic carbocycles. The summed E-state index contributed by atoms with van der Waals surface area (Å²) >= 11 is 6.21. The summed E-state index contributed by atoms with van der Waals surface area (Å²) in [5, 5.41) is 7.18. The number of benzene rings is 1. The third kappa shape index (κ3) is 4.99. The van der Waals surface area contributed by atoms with Crippen LogP contribution in [0.3, 0.4) is 0 Å². The zero-order valence-corrected chi connectivity index (χ0v) is 16.9. The van der Waals surface area contributed by atoms with E-state index in [9.17, 15) is 4.79 Å². The fourth-order valence-electron chi connectivity index (χ4n) is 3.54. The lowest BCUT2D eigenvalue weighted by Gasteiger charge is -2.36. The molecule has 0 bridgehead atoms. The van der Waals surface area contributed by atoms with E-state index in [1.54, 1.807) is 6.20 Å². The lowest BCUT2D eigenvalue weighted by atomic mass is 10.1. The van der Waals surface area contributed by atoms with E-state index in [0.29, 0.717) is 17.6 Å². The summed E-state index contributed by atoms with van der Waals surface area (Å²) in [7, 11) is 0. The molecule has 3 rings (SSSR count). The van der Waals surface area contributed by atoms with E-state index in [-0.39, 0.29) is 5.91 Å². The highest BCUT2D eigenvalue weighted by molar-refractivity contribution is 6.31. The summed E-state index contributed by atoms with van der Waals surface area (Å²) in [6, 6.07) is 10.2. The van der Waals surface area contributed by atoms with Crippen molar-refractivity contribution in [3.8, 4) is 0 Å². The van der Waals surface area contributed by atoms with Gasteiger partial charge in [-0.2, -0.15) is 0 Å². The highest BCUT2D eigenvalue weighted by Crippen LogP contribution is 2.22. The molecule has 1 aliphatic rings. The van der Waals surface area contributed by atoms with Crippen LogP contribution in [0.4, 0.5) is 11.5 Å². The average molecular weight is 387 g/mol. The molecular weight excluding hydrogens is 360 g/mol. The van der Waals surface area contributed by atoms with Crippen molar-refractivity contribution in [1.82, 2.24) is 10.3 Å². The molecule has 2 aromatic rings. The maximum Gasteiger partial charge on any atom is 0.257 e. The number of amides is 1. The quantitative estimate of drug-likeness (QED) is 0.811. The van der Waals surface area contributed by atoms with Crippen LogP contribution in [0, 0.1) is 0 Å². The molecule has 144 valence electrons. The predicted octanol–water partition coefficient (Wildman–Crippen LogP) is 4.13. The minimum absolute atomic E-state index is 0.166. The van der Waals surface area contributed by atoms with Crippen molar-refractivity contribution in [3.63, 3.8) is 0 Å². The maximum absolute atomic E-state index is 12.6. The summed E-state index contributed by atoms with van der Waals surface area (Å²) in [6.45, 7) is 8.27. The molecule has 1 aliphatic heterocycles. The number of hydrogen-bond donors (Lipinski definition) is 2. The van der Waals surface area contributed by atoms with E-state index in [4.69, 9.17) is 11.6 Å². The SMILES string of the molecule is CCCc1cc(NC(=O)c2ccc(N3CC(C)NC(C)C3)nc2)ccc1Cl. The van der Waals surface area contributed by atoms with Crippen molar-refractivity contribution in [3.05, 3.63) is 52.7 Å². The van der Waals surface area contributed by atoms with Gasteiger partial charge in [0.05, 0.1) is 5.56 Å². The molecule has 5 nitrogen and oxygen atoms in total. The lowest BCUT2D eigenvalue weighted by molar-refractivity contribution is 0.102. The molecular formula is C21H27ClN4O. The van der Waals surface area contributed by atoms with E-state index >= 15 is 0 Å². The van der Waals surface area contributed by atoms with Gasteiger partial charge in [0.15, 0.2) is 0 Å². The first-order chi connectivity index (χ1) is 13.0. The van der Waals surface area contributed by atoms with Crippen LogP contribution >= 0.6 is 11.6 Å². The Kier molecular flexibility index (Phi) is 6.34. The van der Waals surface area contributed by atoms with Gasteiger partial charge >= 0.3 is 0 Å². The molecule has 2 N–H and O–H groups in total. The molecule has 2 atom stereocenters. The number of rotatable bonds is 5. The van der Waals surface area contributed by atoms with Crippen LogP contribution < -0.4 is 15.5 Å². The first kappa shape index (κ1) is 19.6. The van der Waals surface area contributed by atoms with E-state index in [0.717, 1.165) is 48.0 Å². The normalized spacial score (nSPS) is 19.8. The van der Waals surface area contributed by atoms with E-state index in [2.05, 4.69) is 41.3 Å². The van der Waals surface area contributed by atoms with Crippen molar-refractivity contribution in [2.75, 3.05) is 23.3 Å². The van der Waals surface area contributed by atoms with Crippen LogP contribution in [0.2, 0.25) is 5.02 Å². The lowest BCUT2D eigenvalue weighted by Crippen LogP contribution is -2.54. The largest absolute Gasteiger partial charge is 0.354 e. The van der Waals surface area contributed by atoms with Crippen molar-refractivity contribution in [2.24, 2.45) is 0 Å². The Morgan fingerprint density at radius 2 is 2.00 bits per heavy atom. The minimum Gasteiger partial charge on any atom is -0.354 e. The van der Waals surface area contributed by atoms with Crippen LogP contribution in [-0.4, -0.2) is 36.1 Å². The standard InChI is InChI=1S/C21H27ClN4O/c1-4-5-16-10-18(7-8-19(16)22)25-21(27)17-6-9-20(23-11-17)26-12-14(2)24-15(3)13-26/h6-11,14-15,24H,4-5,12-13H2,1-3H3,(H,25,27). The number of halogens is 1. The maximum atomic E-state index is 12.6. The van der Waals surface area contributed by atoms with Crippen LogP contribution in [0.1, 0.15) is 43.1 Å². The number of aromatic nitrogens is 1. The number of aryl methyl sites for hydroxylation is 1. The van der Waals surface area contributed by atoms with Crippen molar-refractivity contribution >= 4 is 29.0 Å². The monoisotopic (exact) mass is 386 g/mol. The van der Waals surface area contributed by atoms with Crippen LogP contribution in [0.15, 0.2) is 36.5 Å². The first-order valence-electron chi connectivity index (χ1n) is 9.53. The van der Waals surface area contributed by atoms with Gasteiger partial charge in [0.2, 0.25) is 0 Å². The van der Waals surface area contributed by atoms with Gasteiger partial charge in [-0.1, -0.05) is 24.9 Å². The summed E-state index contributed by atoms with van der Waals surface area (Å²) in [4.78, 5) is 19.3. The number of carbonyl (C=O) groups excluding carboxylic acids is 1. The molecule has 1 saturated heterocycles. The van der Waals surface area contributed by atoms with E-state index in [1.807, 2.05) is 30.3 Å². The number of anilines is 2. The Morgan fingerprint density at radius 3 is 2.63 bits per heavy atom. The molecule has 2 unspecified atom stereocenters. The molecule has 1 fully saturated rings. The Hall–Kier alpha value is -2.11. The molecule has 2 heterocycles. The second kappa shape index (κ2) is 8.72. The predicted molar refractivity (Wildman–Crippen MR) is 112 cm³/mol. The molecule has 0 radical (unpaired) electrons. The topological polar surface area (TPSA) is 57.3 Å². The Balaban J connectivity index is 1.68. The molecule has 1 aromatic heterocycles. The summed E-state index contributed by atoms with van der Waals surface area (Å²) in [5.74, 6) is 0.740. The van der Waals surface area contributed by atoms with Crippen molar-refractivity contribution in [2.45, 2.75) is 45.7 Å². The smallest absolute Gasteiger partial charge is 0.257 e. The van der Waals surface area contributed by atoms with Gasteiger partial charge in [-0.15, -0.1) is 0 Å². The van der Waals surface area contributed by atoms with Crippen molar-refractivity contribution < 1.29 is 4.79 Å². The highest BCUT2D eigenvalue weighted by atomic mass is 35.5. The Morgan fingerprint density at radius 1 is 1.26 bits per heavy atom. The summed E-state index contributed by atoms with van der Waals surface area (Å²) < 4.78 is 0. The fourth-order valence-corrected chi connectivity index (χ4v) is 3.75. The fraction of sp³-hybridized carbons (Fsp3) is 0.429. The van der Waals surface area contributed by atoms with E-state index in [1.165, 1.54) is 0 Å². The molecule has 27 heavy (non-hydrogen) atoms. The Labute approximate surface area is 166 Å². The van der Waals surface area contributed by atoms with Gasteiger partial charge in [0.25, 0.3) is 5.91 Å². The number of nitrogens with one attached hydrogen (secondary N) is 2. The first-order valence-corrected chi connectivity index (χ1v) is 9.91. The highest BCUT2D eigenvalue weighted by Gasteiger charge is 2.22. The third-order valence-corrected chi connectivity index (χ3v) is 5.08. The van der Waals surface area contributed by atoms with Gasteiger partial charge in [0, 0.05) is 42.1 Å². The molecule has 1 aromatic carbocycles. The molecule has 0 spiro atoms. The number of piperazine rings is 1. The zero-order valence-electron chi connectivity index (χ0n) is 16.1. The third-order valence-electron chi connectivity index (χ3n) is 4.71. The number of nitrogens with zero attached hydrogens (tertiary/aromatic N) is 2. The van der Waals surface area contributed by atoms with Gasteiger partial charge in [0.1, 0.15) is 5.82 Å². The van der Waals surface area contributed by atoms with Crippen molar-refractivity contribution in [1.29, 1.82) is 0 Å². The zero-order chi connectivity index (χ0) is 19.4. The average Bonchev–Trinajstić information content (AvgIpc) is 2.64. The molecule has 6 heteroatoms. The van der Waals surface area contributed by atoms with E-state index < -0.39 is 0 Å². The minimum atomic E-state index is -0.166. The van der Waals surface area contributed by atoms with Crippen LogP contribution in [0.5, 0.6) is 0 Å². The number of carbonyl (C=O) groups is 1. The summed E-state index contributed by atoms with van der Waals surface area (Å²) in [6.07, 6.45) is 3.54. The van der Waals surface area contributed by atoms with Gasteiger partial charge < -0.3 is 15.5 Å². The van der Waals surface area contributed by atoms with Gasteiger partial charge in [-0.25, -0.2) is 4.98 Å². The van der Waals surface area contributed by atoms with Gasteiger partial charge in [-0.05, 0) is 56.2 Å². The molecule has 1 amide bonds. The van der Waals surface area contributed by atoms with Crippen LogP contribution in [0.25, 0.3) is 0 Å². The molecule has 0 saturated carbocycles.